The molecule has 0 aliphatic carbocycles. The number of aromatic nitrogens is 2. The van der Waals surface area contributed by atoms with Crippen LogP contribution in [0.5, 0.6) is 11.5 Å². The number of hydrogen-bond acceptors (Lipinski definition) is 4. The number of nitrogens with one attached hydrogen (secondary N) is 1. The maximum absolute atomic E-state index is 12.0. The average Bonchev–Trinajstić information content (AvgIpc) is 2.89. The Morgan fingerprint density at radius 1 is 1.28 bits per heavy atom. The van der Waals surface area contributed by atoms with Gasteiger partial charge in [-0.15, -0.1) is 0 Å². The molecule has 3 rings (SSSR count). The number of benzene rings is 1. The van der Waals surface area contributed by atoms with Crippen LogP contribution >= 0.6 is 0 Å². The van der Waals surface area contributed by atoms with Crippen LogP contribution in [0.1, 0.15) is 30.4 Å². The van der Waals surface area contributed by atoms with E-state index in [4.69, 9.17) is 9.47 Å². The predicted molar refractivity (Wildman–Crippen MR) is 95.0 cm³/mol. The molecule has 1 aromatic heterocycles. The molecule has 2 heterocycles. The second kappa shape index (κ2) is 8.55. The van der Waals surface area contributed by atoms with E-state index in [1.807, 2.05) is 42.2 Å². The van der Waals surface area contributed by atoms with E-state index in [0.717, 1.165) is 42.0 Å². The zero-order chi connectivity index (χ0) is 17.5. The van der Waals surface area contributed by atoms with Gasteiger partial charge in [-0.25, -0.2) is 0 Å². The Bertz CT molecular complexity index is 712. The quantitative estimate of drug-likeness (QED) is 0.785. The average molecular weight is 343 g/mol. The fourth-order valence-electron chi connectivity index (χ4n) is 2.77. The van der Waals surface area contributed by atoms with Gasteiger partial charge < -0.3 is 14.8 Å². The fraction of sp³-hybridized carbons (Fsp3) is 0.474. The molecule has 2 aromatic rings. The van der Waals surface area contributed by atoms with Gasteiger partial charge in [0.05, 0.1) is 19.4 Å². The van der Waals surface area contributed by atoms with Crippen molar-refractivity contribution in [2.45, 2.75) is 39.2 Å². The van der Waals surface area contributed by atoms with Gasteiger partial charge in [0.15, 0.2) is 11.5 Å². The first-order valence-corrected chi connectivity index (χ1v) is 8.85. The zero-order valence-corrected chi connectivity index (χ0v) is 14.7. The van der Waals surface area contributed by atoms with E-state index in [1.54, 1.807) is 0 Å². The summed E-state index contributed by atoms with van der Waals surface area (Å²) in [5.74, 6) is 1.65. The number of hydrogen-bond donors (Lipinski definition) is 1. The minimum atomic E-state index is 0.0729. The van der Waals surface area contributed by atoms with E-state index in [2.05, 4.69) is 10.4 Å². The molecule has 134 valence electrons. The Hall–Kier alpha value is -2.50. The lowest BCUT2D eigenvalue weighted by Gasteiger charge is -2.09. The van der Waals surface area contributed by atoms with Crippen LogP contribution in [0.3, 0.4) is 0 Å². The second-order valence-electron chi connectivity index (χ2n) is 6.32. The molecule has 25 heavy (non-hydrogen) atoms. The first-order chi connectivity index (χ1) is 12.2. The van der Waals surface area contributed by atoms with Crippen molar-refractivity contribution in [2.75, 3.05) is 19.8 Å². The zero-order valence-electron chi connectivity index (χ0n) is 14.7. The standard InChI is InChI=1S/C19H25N3O3/c1-15-13-21-22(14-15)9-2-8-20-19(23)7-5-16-4-6-17-18(12-16)25-11-3-10-24-17/h4,6,12-14H,2-3,5,7-11H2,1H3,(H,20,23). The summed E-state index contributed by atoms with van der Waals surface area (Å²) in [4.78, 5) is 12.0. The molecule has 0 saturated heterocycles. The largest absolute Gasteiger partial charge is 0.490 e. The number of amides is 1. The van der Waals surface area contributed by atoms with E-state index in [9.17, 15) is 4.79 Å². The van der Waals surface area contributed by atoms with E-state index in [1.165, 1.54) is 0 Å². The monoisotopic (exact) mass is 343 g/mol. The Kier molecular flexibility index (Phi) is 5.93. The summed E-state index contributed by atoms with van der Waals surface area (Å²) in [5.41, 5.74) is 2.24. The highest BCUT2D eigenvalue weighted by atomic mass is 16.5. The Labute approximate surface area is 148 Å². The number of fused-ring (bicyclic) bond motifs is 1. The van der Waals surface area contributed by atoms with Crippen LogP contribution in [0.4, 0.5) is 0 Å². The van der Waals surface area contributed by atoms with Gasteiger partial charge in [-0.3, -0.25) is 9.48 Å². The minimum absolute atomic E-state index is 0.0729. The van der Waals surface area contributed by atoms with Crippen LogP contribution in [0.2, 0.25) is 0 Å². The van der Waals surface area contributed by atoms with Gasteiger partial charge >= 0.3 is 0 Å². The van der Waals surface area contributed by atoms with Crippen LogP contribution in [0.15, 0.2) is 30.6 Å². The molecule has 0 atom stereocenters. The third-order valence-corrected chi connectivity index (χ3v) is 4.10. The van der Waals surface area contributed by atoms with Crippen LogP contribution < -0.4 is 14.8 Å². The smallest absolute Gasteiger partial charge is 0.220 e. The maximum atomic E-state index is 12.0. The summed E-state index contributed by atoms with van der Waals surface area (Å²) in [6.45, 7) is 4.86. The van der Waals surface area contributed by atoms with Gasteiger partial charge in [-0.05, 0) is 43.0 Å². The number of aryl methyl sites for hydroxylation is 3. The van der Waals surface area contributed by atoms with Gasteiger partial charge in [0.1, 0.15) is 0 Å². The molecule has 1 aliphatic rings. The molecule has 0 fully saturated rings. The van der Waals surface area contributed by atoms with E-state index >= 15 is 0 Å². The molecule has 0 unspecified atom stereocenters. The SMILES string of the molecule is Cc1cnn(CCCNC(=O)CCc2ccc3c(c2)OCCCO3)c1. The molecule has 1 aromatic carbocycles. The summed E-state index contributed by atoms with van der Waals surface area (Å²) in [6.07, 6.45) is 6.78. The summed E-state index contributed by atoms with van der Waals surface area (Å²) >= 11 is 0. The Morgan fingerprint density at radius 2 is 2.12 bits per heavy atom. The van der Waals surface area contributed by atoms with Gasteiger partial charge in [0, 0.05) is 32.1 Å². The van der Waals surface area contributed by atoms with Crippen LogP contribution in [-0.4, -0.2) is 35.4 Å². The van der Waals surface area contributed by atoms with Crippen molar-refractivity contribution in [3.8, 4) is 11.5 Å². The summed E-state index contributed by atoms with van der Waals surface area (Å²) in [6, 6.07) is 5.91. The lowest BCUT2D eigenvalue weighted by molar-refractivity contribution is -0.121. The minimum Gasteiger partial charge on any atom is -0.490 e. The fourth-order valence-corrected chi connectivity index (χ4v) is 2.77. The number of carbonyl (C=O) groups is 1. The molecule has 1 aliphatic heterocycles. The highest BCUT2D eigenvalue weighted by molar-refractivity contribution is 5.76. The van der Waals surface area contributed by atoms with E-state index in [-0.39, 0.29) is 5.91 Å². The third-order valence-electron chi connectivity index (χ3n) is 4.10. The van der Waals surface area contributed by atoms with Crippen LogP contribution in [0, 0.1) is 6.92 Å². The molecule has 6 heteroatoms. The van der Waals surface area contributed by atoms with Gasteiger partial charge in [0.25, 0.3) is 0 Å². The molecule has 1 N–H and O–H groups in total. The summed E-state index contributed by atoms with van der Waals surface area (Å²) in [5, 5.41) is 7.20. The number of ether oxygens (including phenoxy) is 2. The molecule has 0 saturated carbocycles. The predicted octanol–water partition coefficient (Wildman–Crippen LogP) is 2.49. The maximum Gasteiger partial charge on any atom is 0.220 e. The van der Waals surface area contributed by atoms with Crippen LogP contribution in [-0.2, 0) is 17.8 Å². The highest BCUT2D eigenvalue weighted by Gasteiger charge is 2.11. The van der Waals surface area contributed by atoms with Gasteiger partial charge in [0.2, 0.25) is 5.91 Å². The van der Waals surface area contributed by atoms with Crippen LogP contribution in [0.25, 0.3) is 0 Å². The number of rotatable bonds is 7. The molecular formula is C19H25N3O3. The highest BCUT2D eigenvalue weighted by Crippen LogP contribution is 2.30. The first-order valence-electron chi connectivity index (χ1n) is 8.85. The molecular weight excluding hydrogens is 318 g/mol. The van der Waals surface area contributed by atoms with Gasteiger partial charge in [-0.1, -0.05) is 6.07 Å². The third kappa shape index (κ3) is 5.24. The van der Waals surface area contributed by atoms with Crippen molar-refractivity contribution in [3.63, 3.8) is 0 Å². The lowest BCUT2D eigenvalue weighted by Crippen LogP contribution is -2.25. The molecule has 0 spiro atoms. The number of nitrogens with zero attached hydrogens (tertiary/aromatic N) is 2. The number of carbonyl (C=O) groups excluding carboxylic acids is 1. The normalized spacial score (nSPS) is 13.3. The Balaban J connectivity index is 1.38. The van der Waals surface area contributed by atoms with Crippen molar-refractivity contribution in [2.24, 2.45) is 0 Å². The van der Waals surface area contributed by atoms with Crippen molar-refractivity contribution in [3.05, 3.63) is 41.7 Å². The van der Waals surface area contributed by atoms with Gasteiger partial charge in [-0.2, -0.15) is 5.10 Å². The summed E-state index contributed by atoms with van der Waals surface area (Å²) < 4.78 is 13.2. The molecule has 0 radical (unpaired) electrons. The molecule has 6 nitrogen and oxygen atoms in total. The van der Waals surface area contributed by atoms with Crippen molar-refractivity contribution in [1.82, 2.24) is 15.1 Å². The summed E-state index contributed by atoms with van der Waals surface area (Å²) in [7, 11) is 0. The molecule has 0 bridgehead atoms. The van der Waals surface area contributed by atoms with Crippen molar-refractivity contribution >= 4 is 5.91 Å². The Morgan fingerprint density at radius 3 is 2.92 bits per heavy atom. The second-order valence-corrected chi connectivity index (χ2v) is 6.32. The lowest BCUT2D eigenvalue weighted by atomic mass is 10.1. The van der Waals surface area contributed by atoms with Crippen molar-refractivity contribution < 1.29 is 14.3 Å². The molecule has 1 amide bonds. The topological polar surface area (TPSA) is 65.4 Å². The van der Waals surface area contributed by atoms with Crippen molar-refractivity contribution in [1.29, 1.82) is 0 Å². The van der Waals surface area contributed by atoms with E-state index in [0.29, 0.717) is 32.6 Å². The van der Waals surface area contributed by atoms with E-state index < -0.39 is 0 Å². The first kappa shape index (κ1) is 17.3.